The van der Waals surface area contributed by atoms with E-state index in [4.69, 9.17) is 9.79 Å². The summed E-state index contributed by atoms with van der Waals surface area (Å²) in [5, 5.41) is -0.113. The zero-order valence-electron chi connectivity index (χ0n) is 5.93. The third-order valence-electron chi connectivity index (χ3n) is 1.58. The van der Waals surface area contributed by atoms with Crippen LogP contribution in [0.2, 0.25) is 0 Å². The molecule has 1 saturated heterocycles. The van der Waals surface area contributed by atoms with Crippen LogP contribution in [-0.4, -0.2) is 19.9 Å². The summed E-state index contributed by atoms with van der Waals surface area (Å²) < 4.78 is 10.6. The first kappa shape index (κ1) is 9.26. The second-order valence-corrected chi connectivity index (χ2v) is 5.98. The maximum Gasteiger partial charge on any atom is 0.338 e. The minimum atomic E-state index is -4.05. The van der Waals surface area contributed by atoms with Crippen molar-refractivity contribution in [3.63, 3.8) is 0 Å². The molecule has 0 spiro atoms. The van der Waals surface area contributed by atoms with Gasteiger partial charge in [-0.05, 0) is 6.42 Å². The number of hydrogen-bond acceptors (Lipinski definition) is 3. The highest BCUT2D eigenvalue weighted by molar-refractivity contribution is 8.18. The molecule has 0 saturated carbocycles. The standard InChI is InChI=1S/C5H9O4PS/c1-3-2-4(10(7,8)9)11-5(3)6/h3-4H,2H2,1H3,(H2,7,8,9). The van der Waals surface area contributed by atoms with Crippen LogP contribution in [0.5, 0.6) is 0 Å². The van der Waals surface area contributed by atoms with Crippen molar-refractivity contribution in [3.05, 3.63) is 0 Å². The summed E-state index contributed by atoms with van der Waals surface area (Å²) in [6.07, 6.45) is 0.299. The second-order valence-electron chi connectivity index (χ2n) is 2.62. The fraction of sp³-hybridized carbons (Fsp3) is 0.800. The molecule has 4 nitrogen and oxygen atoms in total. The molecule has 2 atom stereocenters. The van der Waals surface area contributed by atoms with Gasteiger partial charge in [-0.25, -0.2) is 0 Å². The van der Waals surface area contributed by atoms with Crippen molar-refractivity contribution < 1.29 is 19.1 Å². The first-order chi connectivity index (χ1) is 4.91. The lowest BCUT2D eigenvalue weighted by molar-refractivity contribution is -0.113. The van der Waals surface area contributed by atoms with Gasteiger partial charge in [0.25, 0.3) is 0 Å². The van der Waals surface area contributed by atoms with Gasteiger partial charge in [0.2, 0.25) is 0 Å². The van der Waals surface area contributed by atoms with Crippen LogP contribution < -0.4 is 0 Å². The molecule has 0 aliphatic carbocycles. The van der Waals surface area contributed by atoms with E-state index in [9.17, 15) is 9.36 Å². The first-order valence-electron chi connectivity index (χ1n) is 3.17. The number of carbonyl (C=O) groups excluding carboxylic acids is 1. The summed E-state index contributed by atoms with van der Waals surface area (Å²) >= 11 is 0.779. The number of hydrogen-bond donors (Lipinski definition) is 2. The van der Waals surface area contributed by atoms with E-state index in [0.29, 0.717) is 6.42 Å². The fourth-order valence-electron chi connectivity index (χ4n) is 0.903. The average molecular weight is 196 g/mol. The smallest absolute Gasteiger partial charge is 0.324 e. The Hall–Kier alpha value is 0.170. The van der Waals surface area contributed by atoms with Gasteiger partial charge in [-0.2, -0.15) is 0 Å². The fourth-order valence-corrected chi connectivity index (χ4v) is 3.34. The SMILES string of the molecule is CC1CC(P(=O)(O)O)SC1=O. The molecule has 0 radical (unpaired) electrons. The van der Waals surface area contributed by atoms with Gasteiger partial charge in [0.05, 0.1) is 0 Å². The Morgan fingerprint density at radius 1 is 1.64 bits per heavy atom. The van der Waals surface area contributed by atoms with Crippen molar-refractivity contribution >= 4 is 24.5 Å². The topological polar surface area (TPSA) is 74.6 Å². The molecule has 1 heterocycles. The van der Waals surface area contributed by atoms with Crippen molar-refractivity contribution in [2.75, 3.05) is 0 Å². The summed E-state index contributed by atoms with van der Waals surface area (Å²) in [6, 6.07) is 0. The van der Waals surface area contributed by atoms with Crippen LogP contribution in [0.3, 0.4) is 0 Å². The third-order valence-corrected chi connectivity index (χ3v) is 4.79. The van der Waals surface area contributed by atoms with Gasteiger partial charge in [-0.3, -0.25) is 9.36 Å². The minimum absolute atomic E-state index is 0.113. The lowest BCUT2D eigenvalue weighted by Crippen LogP contribution is -1.99. The van der Waals surface area contributed by atoms with Crippen molar-refractivity contribution in [1.82, 2.24) is 0 Å². The first-order valence-corrected chi connectivity index (χ1v) is 5.73. The lowest BCUT2D eigenvalue weighted by Gasteiger charge is -2.08. The molecule has 2 N–H and O–H groups in total. The van der Waals surface area contributed by atoms with E-state index < -0.39 is 12.6 Å². The highest BCUT2D eigenvalue weighted by Gasteiger charge is 2.40. The number of rotatable bonds is 1. The van der Waals surface area contributed by atoms with Gasteiger partial charge in [0, 0.05) is 5.92 Å². The molecule has 11 heavy (non-hydrogen) atoms. The largest absolute Gasteiger partial charge is 0.338 e. The molecule has 6 heteroatoms. The summed E-state index contributed by atoms with van der Waals surface area (Å²) in [4.78, 5) is 27.4. The molecule has 0 bridgehead atoms. The van der Waals surface area contributed by atoms with Gasteiger partial charge in [-0.15, -0.1) is 0 Å². The molecule has 0 amide bonds. The third kappa shape index (κ3) is 2.06. The zero-order valence-corrected chi connectivity index (χ0v) is 7.64. The van der Waals surface area contributed by atoms with E-state index in [1.807, 2.05) is 0 Å². The quantitative estimate of drug-likeness (QED) is 0.606. The Balaban J connectivity index is 2.69. The Kier molecular flexibility index (Phi) is 2.44. The number of thioether (sulfide) groups is 1. The highest BCUT2D eigenvalue weighted by Crippen LogP contribution is 2.54. The van der Waals surface area contributed by atoms with Crippen LogP contribution >= 0.6 is 19.4 Å². The summed E-state index contributed by atoms with van der Waals surface area (Å²) in [7, 11) is -4.05. The second kappa shape index (κ2) is 2.90. The predicted molar refractivity (Wildman–Crippen MR) is 42.2 cm³/mol. The van der Waals surface area contributed by atoms with E-state index >= 15 is 0 Å². The maximum atomic E-state index is 10.9. The highest BCUT2D eigenvalue weighted by atomic mass is 32.2. The van der Waals surface area contributed by atoms with Crippen molar-refractivity contribution in [3.8, 4) is 0 Å². The van der Waals surface area contributed by atoms with Crippen LogP contribution in [0.15, 0.2) is 0 Å². The van der Waals surface area contributed by atoms with E-state index in [1.54, 1.807) is 6.92 Å². The molecule has 1 aliphatic heterocycles. The van der Waals surface area contributed by atoms with E-state index in [1.165, 1.54) is 0 Å². The molecule has 2 unspecified atom stereocenters. The van der Waals surface area contributed by atoms with E-state index in [-0.39, 0.29) is 11.0 Å². The monoisotopic (exact) mass is 196 g/mol. The zero-order chi connectivity index (χ0) is 8.65. The molecular formula is C5H9O4PS. The van der Waals surface area contributed by atoms with Crippen molar-refractivity contribution in [2.45, 2.75) is 18.3 Å². The normalized spacial score (nSPS) is 32.8. The van der Waals surface area contributed by atoms with E-state index in [0.717, 1.165) is 11.8 Å². The van der Waals surface area contributed by atoms with Gasteiger partial charge in [0.15, 0.2) is 5.12 Å². The summed E-state index contributed by atoms with van der Waals surface area (Å²) in [6.45, 7) is 1.69. The molecule has 0 aromatic rings. The minimum Gasteiger partial charge on any atom is -0.324 e. The van der Waals surface area contributed by atoms with Crippen LogP contribution in [0.1, 0.15) is 13.3 Å². The number of carbonyl (C=O) groups is 1. The van der Waals surface area contributed by atoms with Crippen molar-refractivity contribution in [1.29, 1.82) is 0 Å². The summed E-state index contributed by atoms with van der Waals surface area (Å²) in [5.41, 5.74) is 0. The molecule has 1 fully saturated rings. The van der Waals surface area contributed by atoms with Gasteiger partial charge in [0.1, 0.15) is 4.99 Å². The Morgan fingerprint density at radius 2 is 2.18 bits per heavy atom. The molecule has 1 aliphatic rings. The molecule has 0 aromatic heterocycles. The molecule has 64 valence electrons. The van der Waals surface area contributed by atoms with Crippen LogP contribution in [0.4, 0.5) is 0 Å². The van der Waals surface area contributed by atoms with Crippen LogP contribution in [0, 0.1) is 5.92 Å². The van der Waals surface area contributed by atoms with Crippen molar-refractivity contribution in [2.24, 2.45) is 5.92 Å². The maximum absolute atomic E-state index is 10.9. The Labute approximate surface area is 68.5 Å². The van der Waals surface area contributed by atoms with Crippen LogP contribution in [0.25, 0.3) is 0 Å². The Morgan fingerprint density at radius 3 is 2.36 bits per heavy atom. The average Bonchev–Trinajstić information content (AvgIpc) is 2.11. The Bertz CT molecular complexity index is 223. The van der Waals surface area contributed by atoms with Crippen LogP contribution in [-0.2, 0) is 9.36 Å². The van der Waals surface area contributed by atoms with Gasteiger partial charge >= 0.3 is 7.60 Å². The molecular weight excluding hydrogens is 187 g/mol. The van der Waals surface area contributed by atoms with Gasteiger partial charge in [-0.1, -0.05) is 18.7 Å². The molecule has 1 rings (SSSR count). The molecule has 0 aromatic carbocycles. The lowest BCUT2D eigenvalue weighted by atomic mass is 10.1. The predicted octanol–water partition coefficient (Wildman–Crippen LogP) is 0.790. The van der Waals surface area contributed by atoms with E-state index in [2.05, 4.69) is 0 Å². The van der Waals surface area contributed by atoms with Gasteiger partial charge < -0.3 is 9.79 Å². The summed E-state index contributed by atoms with van der Waals surface area (Å²) in [5.74, 6) is -0.211.